The second-order valence-corrected chi connectivity index (χ2v) is 6.03. The molecule has 0 fully saturated rings. The molecule has 0 atom stereocenters. The van der Waals surface area contributed by atoms with Crippen LogP contribution in [0.15, 0.2) is 29.8 Å². The molecule has 0 aliphatic heterocycles. The van der Waals surface area contributed by atoms with E-state index in [9.17, 15) is 4.79 Å². The lowest BCUT2D eigenvalue weighted by Crippen LogP contribution is -2.25. The Morgan fingerprint density at radius 1 is 1.44 bits per heavy atom. The Labute approximate surface area is 112 Å². The third kappa shape index (κ3) is 2.04. The zero-order valence-corrected chi connectivity index (χ0v) is 11.3. The van der Waals surface area contributed by atoms with Crippen molar-refractivity contribution in [2.24, 2.45) is 0 Å². The van der Waals surface area contributed by atoms with Crippen molar-refractivity contribution in [3.63, 3.8) is 0 Å². The molecule has 92 valence electrons. The Balaban J connectivity index is 1.79. The Morgan fingerprint density at radius 2 is 2.33 bits per heavy atom. The lowest BCUT2D eigenvalue weighted by atomic mass is 10.3. The van der Waals surface area contributed by atoms with Crippen LogP contribution in [0.25, 0.3) is 9.40 Å². The molecule has 6 heteroatoms. The second kappa shape index (κ2) is 4.55. The molecule has 1 N–H and O–H groups in total. The van der Waals surface area contributed by atoms with Crippen LogP contribution in [0.2, 0.25) is 0 Å². The van der Waals surface area contributed by atoms with Crippen LogP contribution in [-0.2, 0) is 6.54 Å². The quantitative estimate of drug-likeness (QED) is 0.800. The normalized spacial score (nSPS) is 10.9. The fourth-order valence-electron chi connectivity index (χ4n) is 1.76. The first-order valence-corrected chi connectivity index (χ1v) is 7.14. The first-order chi connectivity index (χ1) is 8.74. The van der Waals surface area contributed by atoms with Gasteiger partial charge in [-0.2, -0.15) is 5.10 Å². The molecule has 4 nitrogen and oxygen atoms in total. The predicted molar refractivity (Wildman–Crippen MR) is 74.1 cm³/mol. The van der Waals surface area contributed by atoms with Crippen LogP contribution in [0, 0.1) is 0 Å². The van der Waals surface area contributed by atoms with E-state index in [0.29, 0.717) is 6.54 Å². The molecule has 0 unspecified atom stereocenters. The topological polar surface area (TPSA) is 49.0 Å². The molecule has 3 heterocycles. The number of hydrogen-bond acceptors (Lipinski definition) is 4. The van der Waals surface area contributed by atoms with E-state index < -0.39 is 0 Å². The van der Waals surface area contributed by atoms with Gasteiger partial charge in [-0.25, -0.2) is 0 Å². The van der Waals surface area contributed by atoms with Crippen molar-refractivity contribution in [2.75, 3.05) is 7.05 Å². The Kier molecular flexibility index (Phi) is 2.89. The van der Waals surface area contributed by atoms with E-state index in [-0.39, 0.29) is 5.91 Å². The molecule has 3 rings (SSSR count). The second-order valence-electron chi connectivity index (χ2n) is 4.00. The maximum absolute atomic E-state index is 12.2. The van der Waals surface area contributed by atoms with Crippen molar-refractivity contribution in [1.82, 2.24) is 15.1 Å². The first kappa shape index (κ1) is 11.4. The summed E-state index contributed by atoms with van der Waals surface area (Å²) in [4.78, 5) is 14.7. The maximum atomic E-state index is 12.2. The third-order valence-electron chi connectivity index (χ3n) is 2.66. The highest BCUT2D eigenvalue weighted by molar-refractivity contribution is 7.27. The van der Waals surface area contributed by atoms with E-state index in [4.69, 9.17) is 0 Å². The monoisotopic (exact) mass is 277 g/mol. The zero-order chi connectivity index (χ0) is 12.5. The van der Waals surface area contributed by atoms with Crippen molar-refractivity contribution < 1.29 is 4.79 Å². The van der Waals surface area contributed by atoms with E-state index in [1.807, 2.05) is 17.5 Å². The Morgan fingerprint density at radius 3 is 3.06 bits per heavy atom. The Bertz CT molecular complexity index is 640. The fourth-order valence-corrected chi connectivity index (χ4v) is 3.86. The molecule has 0 saturated carbocycles. The number of amides is 1. The zero-order valence-electron chi connectivity index (χ0n) is 9.71. The Hall–Kier alpha value is -1.66. The molecule has 0 bridgehead atoms. The van der Waals surface area contributed by atoms with Crippen molar-refractivity contribution in [3.05, 3.63) is 40.3 Å². The SMILES string of the molecule is CN(Cc1ccn[nH]1)C(=O)c1cc2sccc2s1. The standard InChI is InChI=1S/C12H11N3OS2/c1-15(7-8-2-4-13-14-8)12(16)11-6-10-9(18-11)3-5-17-10/h2-6H,7H2,1H3,(H,13,14). The number of thiophene rings is 2. The minimum atomic E-state index is 0.0537. The molecule has 0 radical (unpaired) electrons. The number of H-pyrrole nitrogens is 1. The molecule has 0 saturated heterocycles. The van der Waals surface area contributed by atoms with Crippen LogP contribution >= 0.6 is 22.7 Å². The average Bonchev–Trinajstić information content (AvgIpc) is 3.02. The fraction of sp³-hybridized carbons (Fsp3) is 0.167. The van der Waals surface area contributed by atoms with Crippen LogP contribution in [0.1, 0.15) is 15.4 Å². The van der Waals surface area contributed by atoms with E-state index in [0.717, 1.165) is 10.6 Å². The number of carbonyl (C=O) groups excluding carboxylic acids is 1. The van der Waals surface area contributed by atoms with E-state index >= 15 is 0 Å². The van der Waals surface area contributed by atoms with Crippen LogP contribution in [0.5, 0.6) is 0 Å². The van der Waals surface area contributed by atoms with Gasteiger partial charge in [0.15, 0.2) is 0 Å². The van der Waals surface area contributed by atoms with Gasteiger partial charge >= 0.3 is 0 Å². The van der Waals surface area contributed by atoms with Gasteiger partial charge in [-0.05, 0) is 23.6 Å². The molecule has 3 aromatic heterocycles. The maximum Gasteiger partial charge on any atom is 0.264 e. The van der Waals surface area contributed by atoms with Gasteiger partial charge in [0.1, 0.15) is 0 Å². The molecule has 0 aliphatic rings. The van der Waals surface area contributed by atoms with Gasteiger partial charge in [-0.1, -0.05) is 0 Å². The van der Waals surface area contributed by atoms with Crippen molar-refractivity contribution in [2.45, 2.75) is 6.54 Å². The molecule has 0 aliphatic carbocycles. The summed E-state index contributed by atoms with van der Waals surface area (Å²) < 4.78 is 2.36. The van der Waals surface area contributed by atoms with E-state index in [2.05, 4.69) is 16.3 Å². The van der Waals surface area contributed by atoms with Crippen LogP contribution in [0.4, 0.5) is 0 Å². The summed E-state index contributed by atoms with van der Waals surface area (Å²) in [5.41, 5.74) is 0.934. The third-order valence-corrected chi connectivity index (χ3v) is 4.74. The van der Waals surface area contributed by atoms with E-state index in [1.54, 1.807) is 40.8 Å². The van der Waals surface area contributed by atoms with Crippen LogP contribution in [-0.4, -0.2) is 28.1 Å². The highest BCUT2D eigenvalue weighted by Gasteiger charge is 2.15. The highest BCUT2D eigenvalue weighted by atomic mass is 32.1. The molecule has 18 heavy (non-hydrogen) atoms. The van der Waals surface area contributed by atoms with Crippen molar-refractivity contribution in [1.29, 1.82) is 0 Å². The van der Waals surface area contributed by atoms with Gasteiger partial charge in [-0.3, -0.25) is 9.89 Å². The van der Waals surface area contributed by atoms with Gasteiger partial charge in [0.25, 0.3) is 5.91 Å². The van der Waals surface area contributed by atoms with Gasteiger partial charge in [-0.15, -0.1) is 22.7 Å². The summed E-state index contributed by atoms with van der Waals surface area (Å²) in [6.45, 7) is 0.546. The van der Waals surface area contributed by atoms with Crippen LogP contribution in [0.3, 0.4) is 0 Å². The molecule has 0 aromatic carbocycles. The molecular weight excluding hydrogens is 266 g/mol. The minimum Gasteiger partial charge on any atom is -0.335 e. The van der Waals surface area contributed by atoms with Gasteiger partial charge in [0.05, 0.1) is 17.1 Å². The van der Waals surface area contributed by atoms with Crippen molar-refractivity contribution >= 4 is 38.0 Å². The summed E-state index contributed by atoms with van der Waals surface area (Å²) in [5, 5.41) is 8.78. The largest absolute Gasteiger partial charge is 0.335 e. The van der Waals surface area contributed by atoms with Crippen molar-refractivity contribution in [3.8, 4) is 0 Å². The average molecular weight is 277 g/mol. The highest BCUT2D eigenvalue weighted by Crippen LogP contribution is 2.30. The smallest absolute Gasteiger partial charge is 0.264 e. The minimum absolute atomic E-state index is 0.0537. The number of carbonyl (C=O) groups is 1. The van der Waals surface area contributed by atoms with Crippen LogP contribution < -0.4 is 0 Å². The van der Waals surface area contributed by atoms with Gasteiger partial charge in [0.2, 0.25) is 0 Å². The van der Waals surface area contributed by atoms with Gasteiger partial charge < -0.3 is 4.90 Å². The number of nitrogens with one attached hydrogen (secondary N) is 1. The summed E-state index contributed by atoms with van der Waals surface area (Å²) in [6, 6.07) is 5.89. The summed E-state index contributed by atoms with van der Waals surface area (Å²) in [5.74, 6) is 0.0537. The number of nitrogens with zero attached hydrogens (tertiary/aromatic N) is 2. The lowest BCUT2D eigenvalue weighted by molar-refractivity contribution is 0.0788. The summed E-state index contributed by atoms with van der Waals surface area (Å²) in [6.07, 6.45) is 1.69. The first-order valence-electron chi connectivity index (χ1n) is 5.45. The van der Waals surface area contributed by atoms with Gasteiger partial charge in [0, 0.05) is 22.6 Å². The molecular formula is C12H11N3OS2. The number of fused-ring (bicyclic) bond motifs is 1. The molecule has 3 aromatic rings. The number of hydrogen-bond donors (Lipinski definition) is 1. The van der Waals surface area contributed by atoms with E-state index in [1.165, 1.54) is 9.40 Å². The number of rotatable bonds is 3. The number of aromatic amines is 1. The predicted octanol–water partition coefficient (Wildman–Crippen LogP) is 2.96. The molecule has 0 spiro atoms. The molecule has 1 amide bonds. The summed E-state index contributed by atoms with van der Waals surface area (Å²) >= 11 is 3.21. The summed E-state index contributed by atoms with van der Waals surface area (Å²) in [7, 11) is 1.80. The number of aromatic nitrogens is 2. The lowest BCUT2D eigenvalue weighted by Gasteiger charge is -2.14.